The van der Waals surface area contributed by atoms with E-state index in [2.05, 4.69) is 91.0 Å². The molecule has 3 aromatic rings. The van der Waals surface area contributed by atoms with E-state index in [4.69, 9.17) is 0 Å². The van der Waals surface area contributed by atoms with Crippen molar-refractivity contribution in [3.63, 3.8) is 0 Å². The van der Waals surface area contributed by atoms with Crippen LogP contribution < -0.4 is 13.1 Å². The molecule has 0 spiro atoms. The van der Waals surface area contributed by atoms with Crippen molar-refractivity contribution in [2.24, 2.45) is 0 Å². The van der Waals surface area contributed by atoms with Gasteiger partial charge in [-0.25, -0.2) is 0 Å². The van der Waals surface area contributed by atoms with Crippen LogP contribution in [0.4, 0.5) is 0 Å². The van der Waals surface area contributed by atoms with E-state index in [-0.39, 0.29) is 6.61 Å². The molecule has 0 aliphatic rings. The molecule has 112 valence electrons. The number of benzene rings is 3. The van der Waals surface area contributed by atoms with Gasteiger partial charge in [0.25, 0.3) is 0 Å². The van der Waals surface area contributed by atoms with E-state index in [1.165, 1.54) is 13.1 Å². The zero-order valence-corrected chi connectivity index (χ0v) is 14.6. The van der Waals surface area contributed by atoms with Crippen molar-refractivity contribution in [2.45, 2.75) is 5.21 Å². The quantitative estimate of drug-likeness (QED) is 0.696. The Morgan fingerprint density at radius 1 is 0.545 bits per heavy atom. The van der Waals surface area contributed by atoms with Gasteiger partial charge in [0.2, 0.25) is 0 Å². The summed E-state index contributed by atoms with van der Waals surface area (Å²) in [4.78, 5) is 0. The molecule has 0 heterocycles. The molecule has 0 radical (unpaired) electrons. The molecular formula is C20H21AsO. The fourth-order valence-electron chi connectivity index (χ4n) is 3.27. The van der Waals surface area contributed by atoms with Crippen molar-refractivity contribution in [1.29, 1.82) is 0 Å². The van der Waals surface area contributed by atoms with Gasteiger partial charge in [0, 0.05) is 0 Å². The van der Waals surface area contributed by atoms with Crippen molar-refractivity contribution < 1.29 is 5.11 Å². The van der Waals surface area contributed by atoms with Gasteiger partial charge in [0.15, 0.2) is 0 Å². The molecule has 0 bridgehead atoms. The molecule has 0 fully saturated rings. The van der Waals surface area contributed by atoms with Crippen molar-refractivity contribution in [1.82, 2.24) is 0 Å². The minimum atomic E-state index is -2.82. The van der Waals surface area contributed by atoms with Gasteiger partial charge in [0.05, 0.1) is 0 Å². The molecule has 22 heavy (non-hydrogen) atoms. The van der Waals surface area contributed by atoms with Crippen LogP contribution in [0.15, 0.2) is 91.0 Å². The van der Waals surface area contributed by atoms with Gasteiger partial charge in [-0.1, -0.05) is 0 Å². The Bertz CT molecular complexity index is 599. The minimum absolute atomic E-state index is 0.221. The average Bonchev–Trinajstić information content (AvgIpc) is 2.62. The Hall–Kier alpha value is -1.82. The van der Waals surface area contributed by atoms with E-state index in [0.29, 0.717) is 0 Å². The molecule has 0 saturated heterocycles. The van der Waals surface area contributed by atoms with Gasteiger partial charge in [-0.3, -0.25) is 0 Å². The predicted octanol–water partition coefficient (Wildman–Crippen LogP) is 1.88. The zero-order chi connectivity index (χ0) is 15.3. The Morgan fingerprint density at radius 3 is 1.14 bits per heavy atom. The molecule has 0 aromatic heterocycles. The molecule has 0 saturated carbocycles. The van der Waals surface area contributed by atoms with Gasteiger partial charge in [0.1, 0.15) is 0 Å². The predicted molar refractivity (Wildman–Crippen MR) is 97.3 cm³/mol. The summed E-state index contributed by atoms with van der Waals surface area (Å²) in [7, 11) is 0. The maximum atomic E-state index is 9.83. The van der Waals surface area contributed by atoms with Crippen LogP contribution >= 0.6 is 0 Å². The summed E-state index contributed by atoms with van der Waals surface area (Å²) in [5.41, 5.74) is 0. The van der Waals surface area contributed by atoms with E-state index >= 15 is 0 Å². The molecule has 3 rings (SSSR count). The number of rotatable bonds is 5. The van der Waals surface area contributed by atoms with E-state index in [1.807, 2.05) is 0 Å². The molecule has 0 aliphatic carbocycles. The molecule has 1 N–H and O–H groups in total. The van der Waals surface area contributed by atoms with E-state index in [1.54, 1.807) is 0 Å². The van der Waals surface area contributed by atoms with Gasteiger partial charge in [-0.15, -0.1) is 0 Å². The second-order valence-corrected chi connectivity index (χ2v) is 14.0. The fraction of sp³-hybridized carbons (Fsp3) is 0.100. The third-order valence-electron chi connectivity index (χ3n) is 4.29. The summed E-state index contributed by atoms with van der Waals surface area (Å²) in [6, 6.07) is 32.2. The third kappa shape index (κ3) is 2.75. The Morgan fingerprint density at radius 2 is 0.864 bits per heavy atom. The van der Waals surface area contributed by atoms with Crippen LogP contribution in [0.2, 0.25) is 5.21 Å². The fourth-order valence-corrected chi connectivity index (χ4v) is 12.7. The maximum absolute atomic E-state index is 9.83. The standard InChI is InChI=1S/C20H21AsO/c22-17-16-21(18-10-4-1-5-11-18,19-12-6-2-7-13-19)20-14-8-3-9-15-20/h1-15,21-22H,16-17H2. The van der Waals surface area contributed by atoms with Crippen LogP contribution in [0.3, 0.4) is 0 Å². The van der Waals surface area contributed by atoms with Gasteiger partial charge in [-0.2, -0.15) is 0 Å². The zero-order valence-electron chi connectivity index (χ0n) is 12.5. The van der Waals surface area contributed by atoms with Gasteiger partial charge in [-0.05, 0) is 0 Å². The van der Waals surface area contributed by atoms with Crippen LogP contribution in [-0.2, 0) is 0 Å². The summed E-state index contributed by atoms with van der Waals surface area (Å²) >= 11 is -2.82. The average molecular weight is 352 g/mol. The first-order chi connectivity index (χ1) is 10.9. The number of hydrogen-bond acceptors (Lipinski definition) is 1. The van der Waals surface area contributed by atoms with Crippen molar-refractivity contribution in [2.75, 3.05) is 6.61 Å². The van der Waals surface area contributed by atoms with Crippen LogP contribution in [0.25, 0.3) is 0 Å². The molecule has 0 aliphatic heterocycles. The van der Waals surface area contributed by atoms with Crippen molar-refractivity contribution in [3.05, 3.63) is 91.0 Å². The number of aliphatic hydroxyl groups excluding tert-OH is 1. The first-order valence-corrected chi connectivity index (χ1v) is 12.3. The molecular weight excluding hydrogens is 331 g/mol. The summed E-state index contributed by atoms with van der Waals surface area (Å²) in [6.45, 7) is 0.221. The van der Waals surface area contributed by atoms with Crippen molar-refractivity contribution in [3.8, 4) is 0 Å². The normalized spacial score (nSPS) is 12.0. The molecule has 0 amide bonds. The summed E-state index contributed by atoms with van der Waals surface area (Å²) < 4.78 is 4.19. The molecule has 0 unspecified atom stereocenters. The molecule has 0 atom stereocenters. The third-order valence-corrected chi connectivity index (χ3v) is 14.6. The summed E-state index contributed by atoms with van der Waals surface area (Å²) in [6.07, 6.45) is 0. The second kappa shape index (κ2) is 6.96. The second-order valence-electron chi connectivity index (χ2n) is 5.48. The number of aliphatic hydroxyl groups is 1. The van der Waals surface area contributed by atoms with Gasteiger partial charge < -0.3 is 0 Å². The SMILES string of the molecule is OCC[AsH](c1ccccc1)(c1ccccc1)c1ccccc1. The van der Waals surface area contributed by atoms with Crippen molar-refractivity contribution >= 4 is 26.6 Å². The Labute approximate surface area is 134 Å². The monoisotopic (exact) mass is 352 g/mol. The summed E-state index contributed by atoms with van der Waals surface area (Å²) in [5.74, 6) is 0. The number of hydrogen-bond donors (Lipinski definition) is 1. The van der Waals surface area contributed by atoms with Gasteiger partial charge >= 0.3 is 135 Å². The molecule has 2 heteroatoms. The Balaban J connectivity index is 2.29. The first kappa shape index (κ1) is 15.1. The Kier molecular flexibility index (Phi) is 4.77. The molecule has 3 aromatic carbocycles. The van der Waals surface area contributed by atoms with E-state index in [9.17, 15) is 5.11 Å². The van der Waals surface area contributed by atoms with Crippen LogP contribution in [0.1, 0.15) is 0 Å². The van der Waals surface area contributed by atoms with Crippen LogP contribution in [0.5, 0.6) is 0 Å². The van der Waals surface area contributed by atoms with Crippen LogP contribution in [-0.4, -0.2) is 25.3 Å². The molecule has 1 nitrogen and oxygen atoms in total. The van der Waals surface area contributed by atoms with E-state index in [0.717, 1.165) is 5.21 Å². The van der Waals surface area contributed by atoms with Crippen LogP contribution in [0, 0.1) is 0 Å². The summed E-state index contributed by atoms with van der Waals surface area (Å²) in [5, 5.41) is 10.7. The van der Waals surface area contributed by atoms with E-state index < -0.39 is 13.6 Å². The first-order valence-electron chi connectivity index (χ1n) is 7.65. The topological polar surface area (TPSA) is 20.2 Å².